The van der Waals surface area contributed by atoms with Gasteiger partial charge < -0.3 is 9.80 Å². The quantitative estimate of drug-likeness (QED) is 0.841. The predicted octanol–water partition coefficient (Wildman–Crippen LogP) is 2.42. The Morgan fingerprint density at radius 1 is 1.14 bits per heavy atom. The second-order valence-corrected chi connectivity index (χ2v) is 6.94. The van der Waals surface area contributed by atoms with Crippen molar-refractivity contribution in [3.63, 3.8) is 0 Å². The maximum atomic E-state index is 12.6. The number of rotatable bonds is 2. The summed E-state index contributed by atoms with van der Waals surface area (Å²) in [4.78, 5) is 29.4. The van der Waals surface area contributed by atoms with E-state index in [2.05, 4.69) is 12.1 Å². The van der Waals surface area contributed by atoms with E-state index in [-0.39, 0.29) is 11.8 Å². The minimum atomic E-state index is 0.0990. The lowest BCUT2D eigenvalue weighted by molar-refractivity contribution is -0.132. The van der Waals surface area contributed by atoms with E-state index in [1.54, 1.807) is 0 Å². The summed E-state index contributed by atoms with van der Waals surface area (Å²) in [5.74, 6) is 1.45. The van der Waals surface area contributed by atoms with Crippen LogP contribution in [0.25, 0.3) is 0 Å². The van der Waals surface area contributed by atoms with Crippen molar-refractivity contribution in [2.75, 3.05) is 31.9 Å². The van der Waals surface area contributed by atoms with Gasteiger partial charge in [0.2, 0.25) is 5.91 Å². The van der Waals surface area contributed by atoms with Crippen LogP contribution in [-0.4, -0.2) is 53.5 Å². The molecule has 5 heteroatoms. The molecule has 2 amide bonds. The minimum Gasteiger partial charge on any atom is -0.339 e. The first-order valence-corrected chi connectivity index (χ1v) is 9.00. The molecule has 22 heavy (non-hydrogen) atoms. The van der Waals surface area contributed by atoms with Crippen LogP contribution in [0.5, 0.6) is 0 Å². The fourth-order valence-corrected chi connectivity index (χ4v) is 4.08. The van der Waals surface area contributed by atoms with E-state index in [1.807, 2.05) is 34.6 Å². The van der Waals surface area contributed by atoms with Crippen molar-refractivity contribution in [3.8, 4) is 0 Å². The van der Waals surface area contributed by atoms with Crippen LogP contribution in [0.15, 0.2) is 23.1 Å². The Hall–Kier alpha value is -1.49. The van der Waals surface area contributed by atoms with Crippen molar-refractivity contribution in [1.82, 2.24) is 9.80 Å². The smallest absolute Gasteiger partial charge is 0.253 e. The molecule has 0 radical (unpaired) electrons. The summed E-state index contributed by atoms with van der Waals surface area (Å²) in [6.45, 7) is 4.45. The van der Waals surface area contributed by atoms with Crippen molar-refractivity contribution in [2.45, 2.75) is 31.1 Å². The standard InChI is InChI=1S/C17H22N2O2S/c1-2-16(20)18-7-9-19(10-8-18)17(21)14-5-6-15-13(12-14)4-3-11-22-15/h5-6,12H,2-4,7-11H2,1H3. The zero-order valence-corrected chi connectivity index (χ0v) is 13.8. The molecule has 1 aromatic rings. The van der Waals surface area contributed by atoms with Crippen molar-refractivity contribution >= 4 is 23.6 Å². The van der Waals surface area contributed by atoms with Crippen LogP contribution in [0.1, 0.15) is 35.7 Å². The van der Waals surface area contributed by atoms with Crippen LogP contribution in [-0.2, 0) is 11.2 Å². The maximum absolute atomic E-state index is 12.6. The van der Waals surface area contributed by atoms with Crippen LogP contribution < -0.4 is 0 Å². The Morgan fingerprint density at radius 3 is 2.59 bits per heavy atom. The van der Waals surface area contributed by atoms with Crippen LogP contribution in [0.3, 0.4) is 0 Å². The first-order chi connectivity index (χ1) is 10.7. The van der Waals surface area contributed by atoms with Gasteiger partial charge in [-0.05, 0) is 42.4 Å². The Kier molecular flexibility index (Phi) is 4.71. The van der Waals surface area contributed by atoms with Gasteiger partial charge in [0, 0.05) is 43.1 Å². The predicted molar refractivity (Wildman–Crippen MR) is 88.3 cm³/mol. The second kappa shape index (κ2) is 6.73. The fraction of sp³-hybridized carbons (Fsp3) is 0.529. The lowest BCUT2D eigenvalue weighted by Crippen LogP contribution is -2.50. The number of amides is 2. The molecular weight excluding hydrogens is 296 g/mol. The number of fused-ring (bicyclic) bond motifs is 1. The summed E-state index contributed by atoms with van der Waals surface area (Å²) in [5.41, 5.74) is 2.10. The van der Waals surface area contributed by atoms with Gasteiger partial charge in [-0.25, -0.2) is 0 Å². The molecule has 2 aliphatic rings. The lowest BCUT2D eigenvalue weighted by atomic mass is 10.0. The fourth-order valence-electron chi connectivity index (χ4n) is 3.06. The van der Waals surface area contributed by atoms with E-state index in [4.69, 9.17) is 0 Å². The molecule has 0 spiro atoms. The number of piperazine rings is 1. The zero-order chi connectivity index (χ0) is 15.5. The van der Waals surface area contributed by atoms with E-state index in [0.717, 1.165) is 12.0 Å². The molecule has 1 fully saturated rings. The highest BCUT2D eigenvalue weighted by Gasteiger charge is 2.24. The largest absolute Gasteiger partial charge is 0.339 e. The van der Waals surface area contributed by atoms with Gasteiger partial charge in [0.15, 0.2) is 0 Å². The van der Waals surface area contributed by atoms with Gasteiger partial charge in [0.05, 0.1) is 0 Å². The summed E-state index contributed by atoms with van der Waals surface area (Å²) < 4.78 is 0. The molecule has 2 heterocycles. The molecule has 0 aromatic heterocycles. The maximum Gasteiger partial charge on any atom is 0.253 e. The third-order valence-electron chi connectivity index (χ3n) is 4.38. The molecule has 0 N–H and O–H groups in total. The van der Waals surface area contributed by atoms with E-state index in [9.17, 15) is 9.59 Å². The average molecular weight is 318 g/mol. The third kappa shape index (κ3) is 3.14. The molecule has 118 valence electrons. The summed E-state index contributed by atoms with van der Waals surface area (Å²) in [5, 5.41) is 0. The van der Waals surface area contributed by atoms with Gasteiger partial charge in [-0.1, -0.05) is 6.92 Å². The molecule has 0 aliphatic carbocycles. The van der Waals surface area contributed by atoms with Crippen molar-refractivity contribution < 1.29 is 9.59 Å². The normalized spacial score (nSPS) is 18.0. The number of carbonyl (C=O) groups is 2. The van der Waals surface area contributed by atoms with E-state index in [1.165, 1.54) is 22.6 Å². The molecule has 0 bridgehead atoms. The lowest BCUT2D eigenvalue weighted by Gasteiger charge is -2.34. The molecular formula is C17H22N2O2S. The topological polar surface area (TPSA) is 40.6 Å². The minimum absolute atomic E-state index is 0.0990. The number of benzene rings is 1. The van der Waals surface area contributed by atoms with Crippen molar-refractivity contribution in [1.29, 1.82) is 0 Å². The highest BCUT2D eigenvalue weighted by Crippen LogP contribution is 2.30. The van der Waals surface area contributed by atoms with E-state index < -0.39 is 0 Å². The van der Waals surface area contributed by atoms with Crippen LogP contribution in [0, 0.1) is 0 Å². The molecule has 0 atom stereocenters. The SMILES string of the molecule is CCC(=O)N1CCN(C(=O)c2ccc3c(c2)CCCS3)CC1. The van der Waals surface area contributed by atoms with Gasteiger partial charge >= 0.3 is 0 Å². The van der Waals surface area contributed by atoms with Gasteiger partial charge in [-0.2, -0.15) is 0 Å². The Bertz CT molecular complexity index is 580. The molecule has 2 aliphatic heterocycles. The van der Waals surface area contributed by atoms with Gasteiger partial charge in [0.25, 0.3) is 5.91 Å². The van der Waals surface area contributed by atoms with Crippen molar-refractivity contribution in [3.05, 3.63) is 29.3 Å². The number of carbonyl (C=O) groups excluding carboxylic acids is 2. The number of aryl methyl sites for hydroxylation is 1. The first-order valence-electron chi connectivity index (χ1n) is 8.02. The van der Waals surface area contributed by atoms with E-state index in [0.29, 0.717) is 32.6 Å². The summed E-state index contributed by atoms with van der Waals surface area (Å²) in [6, 6.07) is 6.10. The van der Waals surface area contributed by atoms with Gasteiger partial charge in [-0.15, -0.1) is 11.8 Å². The molecule has 1 saturated heterocycles. The number of thioether (sulfide) groups is 1. The number of nitrogens with zero attached hydrogens (tertiary/aromatic N) is 2. The Morgan fingerprint density at radius 2 is 1.86 bits per heavy atom. The summed E-state index contributed by atoms with van der Waals surface area (Å²) in [7, 11) is 0. The molecule has 4 nitrogen and oxygen atoms in total. The third-order valence-corrected chi connectivity index (χ3v) is 5.58. The molecule has 3 rings (SSSR count). The van der Waals surface area contributed by atoms with Crippen LogP contribution in [0.2, 0.25) is 0 Å². The van der Waals surface area contributed by atoms with Crippen molar-refractivity contribution in [2.24, 2.45) is 0 Å². The summed E-state index contributed by atoms with van der Waals surface area (Å²) >= 11 is 1.88. The highest BCUT2D eigenvalue weighted by atomic mass is 32.2. The number of hydrogen-bond acceptors (Lipinski definition) is 3. The molecule has 1 aromatic carbocycles. The highest BCUT2D eigenvalue weighted by molar-refractivity contribution is 7.99. The zero-order valence-electron chi connectivity index (χ0n) is 13.0. The number of hydrogen-bond donors (Lipinski definition) is 0. The van der Waals surface area contributed by atoms with Crippen LogP contribution in [0.4, 0.5) is 0 Å². The van der Waals surface area contributed by atoms with Gasteiger partial charge in [-0.3, -0.25) is 9.59 Å². The summed E-state index contributed by atoms with van der Waals surface area (Å²) in [6.07, 6.45) is 2.80. The monoisotopic (exact) mass is 318 g/mol. The average Bonchev–Trinajstić information content (AvgIpc) is 2.60. The van der Waals surface area contributed by atoms with Gasteiger partial charge in [0.1, 0.15) is 0 Å². The first kappa shape index (κ1) is 15.4. The molecule has 0 unspecified atom stereocenters. The van der Waals surface area contributed by atoms with E-state index >= 15 is 0 Å². The van der Waals surface area contributed by atoms with Crippen LogP contribution >= 0.6 is 11.8 Å². The Labute approximate surface area is 135 Å². The molecule has 0 saturated carbocycles. The second-order valence-electron chi connectivity index (χ2n) is 5.80. The Balaban J connectivity index is 1.66.